The molecule has 5 heteroatoms. The molecule has 1 N–H and O–H groups in total. The van der Waals surface area contributed by atoms with Crippen LogP contribution in [0.3, 0.4) is 0 Å². The number of piperidine rings is 1. The lowest BCUT2D eigenvalue weighted by atomic mass is 10.1. The van der Waals surface area contributed by atoms with Crippen molar-refractivity contribution in [1.82, 2.24) is 10.2 Å². The van der Waals surface area contributed by atoms with Crippen molar-refractivity contribution < 1.29 is 0 Å². The van der Waals surface area contributed by atoms with Gasteiger partial charge in [0.25, 0.3) is 0 Å². The molecule has 0 amide bonds. The molecule has 0 radical (unpaired) electrons. The van der Waals surface area contributed by atoms with Gasteiger partial charge in [0.15, 0.2) is 0 Å². The van der Waals surface area contributed by atoms with Crippen molar-refractivity contribution in [2.45, 2.75) is 25.4 Å². The van der Waals surface area contributed by atoms with Crippen molar-refractivity contribution in [2.24, 2.45) is 0 Å². The van der Waals surface area contributed by atoms with Crippen molar-refractivity contribution in [1.29, 1.82) is 0 Å². The number of nitrogens with zero attached hydrogens (tertiary/aromatic N) is 1. The fourth-order valence-electron chi connectivity index (χ4n) is 2.27. The molecular formula is C13H19Cl3N2. The molecule has 1 fully saturated rings. The highest BCUT2D eigenvalue weighted by Gasteiger charge is 2.19. The monoisotopic (exact) mass is 308 g/mol. The molecule has 1 saturated heterocycles. The lowest BCUT2D eigenvalue weighted by Crippen LogP contribution is -2.43. The zero-order valence-corrected chi connectivity index (χ0v) is 12.8. The van der Waals surface area contributed by atoms with Crippen LogP contribution >= 0.6 is 35.6 Å². The third kappa shape index (κ3) is 4.01. The molecule has 1 unspecified atom stereocenters. The highest BCUT2D eigenvalue weighted by atomic mass is 35.5. The van der Waals surface area contributed by atoms with Crippen LogP contribution in [0.2, 0.25) is 10.0 Å². The molecule has 1 aliphatic heterocycles. The summed E-state index contributed by atoms with van der Waals surface area (Å²) < 4.78 is 0. The summed E-state index contributed by atoms with van der Waals surface area (Å²) >= 11 is 12.4. The van der Waals surface area contributed by atoms with Gasteiger partial charge in [0.2, 0.25) is 0 Å². The van der Waals surface area contributed by atoms with Gasteiger partial charge in [-0.15, -0.1) is 12.4 Å². The Kier molecular flexibility index (Phi) is 6.75. The van der Waals surface area contributed by atoms with Gasteiger partial charge < -0.3 is 5.32 Å². The van der Waals surface area contributed by atoms with Crippen LogP contribution < -0.4 is 5.32 Å². The van der Waals surface area contributed by atoms with E-state index in [1.54, 1.807) is 0 Å². The quantitative estimate of drug-likeness (QED) is 0.918. The predicted octanol–water partition coefficient (Wildman–Crippen LogP) is 3.60. The van der Waals surface area contributed by atoms with Crippen molar-refractivity contribution in [3.05, 3.63) is 33.8 Å². The Hall–Kier alpha value is 0.01000. The minimum absolute atomic E-state index is 0. The molecule has 2 rings (SSSR count). The summed E-state index contributed by atoms with van der Waals surface area (Å²) in [4.78, 5) is 2.33. The molecule has 0 saturated carbocycles. The summed E-state index contributed by atoms with van der Waals surface area (Å²) in [5.41, 5.74) is 1.03. The second kappa shape index (κ2) is 7.56. The van der Waals surface area contributed by atoms with Gasteiger partial charge in [-0.05, 0) is 38.6 Å². The molecule has 1 aromatic carbocycles. The Balaban J connectivity index is 0.00000162. The molecule has 102 valence electrons. The topological polar surface area (TPSA) is 15.3 Å². The standard InChI is InChI=1S/C13H18Cl2N2.ClH/c1-17(10-4-3-7-16-8-10)9-11-12(14)5-2-6-13(11)15;/h2,5-6,10,16H,3-4,7-9H2,1H3;1H. The lowest BCUT2D eigenvalue weighted by Gasteiger charge is -2.32. The Morgan fingerprint density at radius 1 is 1.33 bits per heavy atom. The second-order valence-corrected chi connectivity index (χ2v) is 5.43. The van der Waals surface area contributed by atoms with Crippen LogP contribution in [0.1, 0.15) is 18.4 Å². The summed E-state index contributed by atoms with van der Waals surface area (Å²) in [6.45, 7) is 3.00. The van der Waals surface area contributed by atoms with Crippen molar-refractivity contribution >= 4 is 35.6 Å². The normalized spacial score (nSPS) is 19.7. The molecule has 1 atom stereocenters. The van der Waals surface area contributed by atoms with E-state index in [1.165, 1.54) is 12.8 Å². The predicted molar refractivity (Wildman–Crippen MR) is 81.1 cm³/mol. The van der Waals surface area contributed by atoms with E-state index in [1.807, 2.05) is 18.2 Å². The summed E-state index contributed by atoms with van der Waals surface area (Å²) in [5.74, 6) is 0. The largest absolute Gasteiger partial charge is 0.315 e. The van der Waals surface area contributed by atoms with Gasteiger partial charge in [0.1, 0.15) is 0 Å². The zero-order chi connectivity index (χ0) is 12.3. The number of nitrogens with one attached hydrogen (secondary N) is 1. The molecule has 1 aliphatic rings. The molecule has 1 heterocycles. The van der Waals surface area contributed by atoms with E-state index < -0.39 is 0 Å². The summed E-state index contributed by atoms with van der Waals surface area (Å²) in [6, 6.07) is 6.26. The zero-order valence-electron chi connectivity index (χ0n) is 10.5. The average Bonchev–Trinajstić information content (AvgIpc) is 2.35. The van der Waals surface area contributed by atoms with E-state index >= 15 is 0 Å². The Labute approximate surface area is 125 Å². The fourth-order valence-corrected chi connectivity index (χ4v) is 2.79. The van der Waals surface area contributed by atoms with Crippen LogP contribution in [0.15, 0.2) is 18.2 Å². The first kappa shape index (κ1) is 16.1. The first-order chi connectivity index (χ1) is 8.18. The van der Waals surface area contributed by atoms with E-state index in [2.05, 4.69) is 17.3 Å². The SMILES string of the molecule is CN(Cc1c(Cl)cccc1Cl)C1CCCNC1.Cl. The second-order valence-electron chi connectivity index (χ2n) is 4.62. The van der Waals surface area contributed by atoms with Gasteiger partial charge in [-0.2, -0.15) is 0 Å². The van der Waals surface area contributed by atoms with E-state index in [-0.39, 0.29) is 12.4 Å². The van der Waals surface area contributed by atoms with Gasteiger partial charge in [-0.1, -0.05) is 29.3 Å². The Morgan fingerprint density at radius 2 is 2.00 bits per heavy atom. The van der Waals surface area contributed by atoms with Crippen LogP contribution in [-0.4, -0.2) is 31.1 Å². The van der Waals surface area contributed by atoms with Crippen molar-refractivity contribution in [3.63, 3.8) is 0 Å². The maximum absolute atomic E-state index is 6.19. The summed E-state index contributed by atoms with van der Waals surface area (Å²) in [5, 5.41) is 4.94. The van der Waals surface area contributed by atoms with Crippen LogP contribution in [0.5, 0.6) is 0 Å². The van der Waals surface area contributed by atoms with E-state index in [0.717, 1.165) is 35.2 Å². The van der Waals surface area contributed by atoms with Gasteiger partial charge >= 0.3 is 0 Å². The third-order valence-corrected chi connectivity index (χ3v) is 4.07. The van der Waals surface area contributed by atoms with Crippen molar-refractivity contribution in [3.8, 4) is 0 Å². The lowest BCUT2D eigenvalue weighted by molar-refractivity contribution is 0.196. The Morgan fingerprint density at radius 3 is 2.56 bits per heavy atom. The van der Waals surface area contributed by atoms with Gasteiger partial charge in [-0.25, -0.2) is 0 Å². The first-order valence-corrected chi connectivity index (χ1v) is 6.78. The van der Waals surface area contributed by atoms with Gasteiger partial charge in [0, 0.05) is 34.7 Å². The van der Waals surface area contributed by atoms with Gasteiger partial charge in [-0.3, -0.25) is 4.90 Å². The van der Waals surface area contributed by atoms with E-state index in [4.69, 9.17) is 23.2 Å². The highest BCUT2D eigenvalue weighted by Crippen LogP contribution is 2.26. The molecular weight excluding hydrogens is 291 g/mol. The van der Waals surface area contributed by atoms with Crippen LogP contribution in [-0.2, 0) is 6.54 Å². The first-order valence-electron chi connectivity index (χ1n) is 6.02. The van der Waals surface area contributed by atoms with Crippen LogP contribution in [0.25, 0.3) is 0 Å². The number of halogens is 3. The number of hydrogen-bond acceptors (Lipinski definition) is 2. The summed E-state index contributed by atoms with van der Waals surface area (Å²) in [6.07, 6.45) is 2.48. The molecule has 1 aromatic rings. The maximum Gasteiger partial charge on any atom is 0.0465 e. The number of hydrogen-bond donors (Lipinski definition) is 1. The Bertz CT molecular complexity index is 358. The number of benzene rings is 1. The number of rotatable bonds is 3. The molecule has 18 heavy (non-hydrogen) atoms. The highest BCUT2D eigenvalue weighted by molar-refractivity contribution is 6.35. The molecule has 0 spiro atoms. The minimum atomic E-state index is 0. The number of likely N-dealkylation sites (N-methyl/N-ethyl adjacent to an activating group) is 1. The maximum atomic E-state index is 6.19. The molecule has 2 nitrogen and oxygen atoms in total. The van der Waals surface area contributed by atoms with E-state index in [9.17, 15) is 0 Å². The van der Waals surface area contributed by atoms with Crippen molar-refractivity contribution in [2.75, 3.05) is 20.1 Å². The third-order valence-electron chi connectivity index (χ3n) is 3.36. The van der Waals surface area contributed by atoms with Crippen LogP contribution in [0, 0.1) is 0 Å². The molecule has 0 aliphatic carbocycles. The smallest absolute Gasteiger partial charge is 0.0465 e. The summed E-state index contributed by atoms with van der Waals surface area (Å²) in [7, 11) is 2.14. The molecule has 0 aromatic heterocycles. The van der Waals surface area contributed by atoms with Crippen LogP contribution in [0.4, 0.5) is 0 Å². The molecule has 0 bridgehead atoms. The minimum Gasteiger partial charge on any atom is -0.315 e. The van der Waals surface area contributed by atoms with E-state index in [0.29, 0.717) is 6.04 Å². The average molecular weight is 310 g/mol. The fraction of sp³-hybridized carbons (Fsp3) is 0.538. The van der Waals surface area contributed by atoms with Gasteiger partial charge in [0.05, 0.1) is 0 Å².